The van der Waals surface area contributed by atoms with E-state index in [2.05, 4.69) is 5.32 Å². The summed E-state index contributed by atoms with van der Waals surface area (Å²) in [5.74, 6) is -1.29. The Hall–Kier alpha value is -2.83. The van der Waals surface area contributed by atoms with E-state index in [4.69, 9.17) is 4.74 Å². The lowest BCUT2D eigenvalue weighted by molar-refractivity contribution is -0.137. The molecule has 4 nitrogen and oxygen atoms in total. The summed E-state index contributed by atoms with van der Waals surface area (Å²) in [6.07, 6.45) is -4.44. The summed E-state index contributed by atoms with van der Waals surface area (Å²) in [5.41, 5.74) is 0.557. The van der Waals surface area contributed by atoms with Crippen molar-refractivity contribution >= 4 is 17.6 Å². The van der Waals surface area contributed by atoms with E-state index in [-0.39, 0.29) is 5.69 Å². The molecular weight excluding hydrogens is 323 g/mol. The Kier molecular flexibility index (Phi) is 5.23. The van der Waals surface area contributed by atoms with E-state index >= 15 is 0 Å². The molecule has 126 valence electrons. The van der Waals surface area contributed by atoms with Crippen molar-refractivity contribution in [1.82, 2.24) is 0 Å². The smallest absolute Gasteiger partial charge is 0.416 e. The summed E-state index contributed by atoms with van der Waals surface area (Å²) in [5, 5.41) is 2.36. The van der Waals surface area contributed by atoms with Crippen LogP contribution in [0.3, 0.4) is 0 Å². The van der Waals surface area contributed by atoms with Crippen LogP contribution in [0.4, 0.5) is 18.9 Å². The number of nitrogens with one attached hydrogen (secondary N) is 1. The number of carbonyl (C=O) groups is 2. The van der Waals surface area contributed by atoms with Gasteiger partial charge >= 0.3 is 12.1 Å². The van der Waals surface area contributed by atoms with Gasteiger partial charge in [-0.25, -0.2) is 4.79 Å². The highest BCUT2D eigenvalue weighted by molar-refractivity contribution is 5.95. The van der Waals surface area contributed by atoms with Crippen LogP contribution in [0.15, 0.2) is 48.5 Å². The minimum atomic E-state index is -4.44. The fourth-order valence-electron chi connectivity index (χ4n) is 1.93. The first-order chi connectivity index (χ1) is 11.3. The average Bonchev–Trinajstić information content (AvgIpc) is 2.52. The van der Waals surface area contributed by atoms with Crippen LogP contribution in [-0.2, 0) is 15.7 Å². The molecule has 2 aromatic rings. The van der Waals surface area contributed by atoms with Crippen molar-refractivity contribution in [3.8, 4) is 0 Å². The average molecular weight is 337 g/mol. The Bertz CT molecular complexity index is 739. The van der Waals surface area contributed by atoms with E-state index in [1.54, 1.807) is 18.2 Å². The predicted molar refractivity (Wildman–Crippen MR) is 81.5 cm³/mol. The summed E-state index contributed by atoms with van der Waals surface area (Å²) >= 11 is 0. The third kappa shape index (κ3) is 4.84. The zero-order valence-corrected chi connectivity index (χ0v) is 12.7. The van der Waals surface area contributed by atoms with Crippen LogP contribution in [0.2, 0.25) is 0 Å². The van der Waals surface area contributed by atoms with E-state index in [1.807, 2.05) is 13.0 Å². The van der Waals surface area contributed by atoms with Gasteiger partial charge in [0.2, 0.25) is 0 Å². The molecule has 0 saturated carbocycles. The van der Waals surface area contributed by atoms with E-state index in [0.717, 1.165) is 29.8 Å². The summed E-state index contributed by atoms with van der Waals surface area (Å²) < 4.78 is 42.2. The second-order valence-electron chi connectivity index (χ2n) is 5.07. The van der Waals surface area contributed by atoms with Crippen molar-refractivity contribution in [3.63, 3.8) is 0 Å². The van der Waals surface area contributed by atoms with Crippen LogP contribution in [-0.4, -0.2) is 18.5 Å². The highest BCUT2D eigenvalue weighted by Gasteiger charge is 2.29. The number of halogens is 3. The van der Waals surface area contributed by atoms with Gasteiger partial charge in [0.15, 0.2) is 6.61 Å². The molecule has 2 rings (SSSR count). The van der Waals surface area contributed by atoms with Crippen LogP contribution in [0.1, 0.15) is 21.5 Å². The molecule has 0 fully saturated rings. The molecule has 0 atom stereocenters. The molecule has 0 saturated heterocycles. The molecule has 0 radical (unpaired) electrons. The monoisotopic (exact) mass is 337 g/mol. The molecule has 0 unspecified atom stereocenters. The molecule has 0 heterocycles. The Morgan fingerprint density at radius 1 is 1.08 bits per heavy atom. The van der Waals surface area contributed by atoms with Crippen LogP contribution in [0, 0.1) is 6.92 Å². The first kappa shape index (κ1) is 17.5. The molecule has 1 amide bonds. The van der Waals surface area contributed by atoms with Crippen LogP contribution in [0.5, 0.6) is 0 Å². The molecule has 1 N–H and O–H groups in total. The molecule has 0 spiro atoms. The van der Waals surface area contributed by atoms with Gasteiger partial charge in [-0.05, 0) is 43.3 Å². The third-order valence-corrected chi connectivity index (χ3v) is 3.08. The van der Waals surface area contributed by atoms with Gasteiger partial charge in [0.1, 0.15) is 0 Å². The maximum Gasteiger partial charge on any atom is 0.416 e. The Morgan fingerprint density at radius 3 is 2.33 bits per heavy atom. The molecular formula is C17H14F3NO3. The van der Waals surface area contributed by atoms with Gasteiger partial charge in [0.25, 0.3) is 5.91 Å². The lowest BCUT2D eigenvalue weighted by atomic mass is 10.1. The number of alkyl halides is 3. The van der Waals surface area contributed by atoms with E-state index < -0.39 is 30.2 Å². The van der Waals surface area contributed by atoms with Gasteiger partial charge in [-0.2, -0.15) is 13.2 Å². The molecule has 24 heavy (non-hydrogen) atoms. The van der Waals surface area contributed by atoms with E-state index in [9.17, 15) is 22.8 Å². The number of hydrogen-bond acceptors (Lipinski definition) is 3. The molecule has 0 aromatic heterocycles. The SMILES string of the molecule is Cc1cccc(C(=O)OCC(=O)Nc2ccc(C(F)(F)F)cc2)c1. The van der Waals surface area contributed by atoms with Gasteiger partial charge in [0, 0.05) is 5.69 Å². The summed E-state index contributed by atoms with van der Waals surface area (Å²) in [4.78, 5) is 23.5. The first-order valence-corrected chi connectivity index (χ1v) is 6.96. The van der Waals surface area contributed by atoms with Crippen molar-refractivity contribution < 1.29 is 27.5 Å². The number of esters is 1. The number of hydrogen-bond donors (Lipinski definition) is 1. The van der Waals surface area contributed by atoms with Crippen molar-refractivity contribution in [2.45, 2.75) is 13.1 Å². The third-order valence-electron chi connectivity index (χ3n) is 3.08. The number of rotatable bonds is 4. The highest BCUT2D eigenvalue weighted by atomic mass is 19.4. The zero-order chi connectivity index (χ0) is 17.7. The number of amides is 1. The standard InChI is InChI=1S/C17H14F3NO3/c1-11-3-2-4-12(9-11)16(23)24-10-15(22)21-14-7-5-13(6-8-14)17(18,19)20/h2-9H,10H2,1H3,(H,21,22). The topological polar surface area (TPSA) is 55.4 Å². The fourth-order valence-corrected chi connectivity index (χ4v) is 1.93. The second-order valence-corrected chi connectivity index (χ2v) is 5.07. The Labute approximate surface area is 136 Å². The highest BCUT2D eigenvalue weighted by Crippen LogP contribution is 2.29. The maximum atomic E-state index is 12.4. The number of carbonyl (C=O) groups excluding carboxylic acids is 2. The summed E-state index contributed by atoms with van der Waals surface area (Å²) in [6.45, 7) is 1.28. The number of ether oxygens (including phenoxy) is 1. The van der Waals surface area contributed by atoms with Gasteiger partial charge in [-0.15, -0.1) is 0 Å². The molecule has 2 aromatic carbocycles. The normalized spacial score (nSPS) is 11.0. The minimum Gasteiger partial charge on any atom is -0.452 e. The van der Waals surface area contributed by atoms with Crippen LogP contribution < -0.4 is 5.32 Å². The summed E-state index contributed by atoms with van der Waals surface area (Å²) in [6, 6.07) is 10.6. The van der Waals surface area contributed by atoms with Crippen LogP contribution in [0.25, 0.3) is 0 Å². The van der Waals surface area contributed by atoms with Gasteiger partial charge in [0.05, 0.1) is 11.1 Å². The minimum absolute atomic E-state index is 0.180. The molecule has 0 aliphatic rings. The molecule has 0 aliphatic carbocycles. The number of anilines is 1. The van der Waals surface area contributed by atoms with Crippen molar-refractivity contribution in [2.24, 2.45) is 0 Å². The molecule has 0 aliphatic heterocycles. The molecule has 0 bridgehead atoms. The van der Waals surface area contributed by atoms with Gasteiger partial charge < -0.3 is 10.1 Å². The number of aryl methyl sites for hydroxylation is 1. The van der Waals surface area contributed by atoms with E-state index in [1.165, 1.54) is 0 Å². The number of benzene rings is 2. The fraction of sp³-hybridized carbons (Fsp3) is 0.176. The van der Waals surface area contributed by atoms with Crippen molar-refractivity contribution in [2.75, 3.05) is 11.9 Å². The maximum absolute atomic E-state index is 12.4. The van der Waals surface area contributed by atoms with Gasteiger partial charge in [-0.3, -0.25) is 4.79 Å². The molecule has 7 heteroatoms. The van der Waals surface area contributed by atoms with Crippen LogP contribution >= 0.6 is 0 Å². The lowest BCUT2D eigenvalue weighted by Crippen LogP contribution is -2.21. The van der Waals surface area contributed by atoms with Gasteiger partial charge in [-0.1, -0.05) is 17.7 Å². The van der Waals surface area contributed by atoms with Crippen molar-refractivity contribution in [3.05, 3.63) is 65.2 Å². The zero-order valence-electron chi connectivity index (χ0n) is 12.7. The predicted octanol–water partition coefficient (Wildman–Crippen LogP) is 3.81. The second kappa shape index (κ2) is 7.16. The quantitative estimate of drug-likeness (QED) is 0.863. The Balaban J connectivity index is 1.88. The largest absolute Gasteiger partial charge is 0.452 e. The van der Waals surface area contributed by atoms with Crippen molar-refractivity contribution in [1.29, 1.82) is 0 Å². The summed E-state index contributed by atoms with van der Waals surface area (Å²) in [7, 11) is 0. The first-order valence-electron chi connectivity index (χ1n) is 6.96. The van der Waals surface area contributed by atoms with E-state index in [0.29, 0.717) is 5.56 Å². The Morgan fingerprint density at radius 2 is 1.75 bits per heavy atom. The lowest BCUT2D eigenvalue weighted by Gasteiger charge is -2.09.